The van der Waals surface area contributed by atoms with Gasteiger partial charge in [0.05, 0.1) is 5.56 Å². The molecule has 20 heavy (non-hydrogen) atoms. The van der Waals surface area contributed by atoms with Crippen LogP contribution in [0.2, 0.25) is 0 Å². The molecule has 0 saturated heterocycles. The van der Waals surface area contributed by atoms with Crippen molar-refractivity contribution < 1.29 is 18.4 Å². The topological polar surface area (TPSA) is 61.8 Å². The second-order valence-corrected chi connectivity index (χ2v) is 4.91. The first-order chi connectivity index (χ1) is 9.34. The summed E-state index contributed by atoms with van der Waals surface area (Å²) >= 11 is 0. The van der Waals surface area contributed by atoms with Gasteiger partial charge in [0.25, 0.3) is 0 Å². The zero-order chi connectivity index (χ0) is 14.9. The van der Waals surface area contributed by atoms with E-state index in [0.29, 0.717) is 5.69 Å². The van der Waals surface area contributed by atoms with Crippen LogP contribution >= 0.6 is 0 Å². The Morgan fingerprint density at radius 3 is 2.50 bits per heavy atom. The number of alkyl halides is 3. The summed E-state index contributed by atoms with van der Waals surface area (Å²) in [4.78, 5) is 1.84. The molecule has 1 aromatic rings. The summed E-state index contributed by atoms with van der Waals surface area (Å²) in [6.07, 6.45) is -1.48. The first kappa shape index (κ1) is 14.5. The number of anilines is 1. The van der Waals surface area contributed by atoms with Crippen LogP contribution in [0.1, 0.15) is 30.4 Å². The molecule has 0 radical (unpaired) electrons. The van der Waals surface area contributed by atoms with Crippen LogP contribution in [0, 0.1) is 0 Å². The number of nitrogens with zero attached hydrogens (tertiary/aromatic N) is 2. The highest BCUT2D eigenvalue weighted by atomic mass is 19.4. The van der Waals surface area contributed by atoms with Gasteiger partial charge in [-0.1, -0.05) is 5.16 Å². The number of amidine groups is 1. The van der Waals surface area contributed by atoms with E-state index >= 15 is 0 Å². The van der Waals surface area contributed by atoms with E-state index < -0.39 is 17.6 Å². The molecule has 110 valence electrons. The third kappa shape index (κ3) is 2.66. The van der Waals surface area contributed by atoms with Gasteiger partial charge in [-0.15, -0.1) is 0 Å². The van der Waals surface area contributed by atoms with Gasteiger partial charge in [-0.3, -0.25) is 0 Å². The van der Waals surface area contributed by atoms with Gasteiger partial charge in [0.15, 0.2) is 5.84 Å². The molecule has 0 heterocycles. The Morgan fingerprint density at radius 1 is 1.40 bits per heavy atom. The number of hydrogen-bond donors (Lipinski definition) is 2. The zero-order valence-corrected chi connectivity index (χ0v) is 11.0. The molecule has 4 nitrogen and oxygen atoms in total. The molecule has 7 heteroatoms. The molecule has 0 unspecified atom stereocenters. The average molecular weight is 287 g/mol. The SMILES string of the molecule is CN(c1ccc(/C(N)=N/O)c(C(F)(F)F)c1)C1CCC1. The lowest BCUT2D eigenvalue weighted by Gasteiger charge is -2.36. The number of hydrogen-bond acceptors (Lipinski definition) is 3. The van der Waals surface area contributed by atoms with Crippen molar-refractivity contribution in [2.24, 2.45) is 10.9 Å². The van der Waals surface area contributed by atoms with E-state index in [0.717, 1.165) is 25.3 Å². The van der Waals surface area contributed by atoms with Gasteiger partial charge in [0.1, 0.15) is 0 Å². The molecule has 0 amide bonds. The molecule has 0 spiro atoms. The summed E-state index contributed by atoms with van der Waals surface area (Å²) in [7, 11) is 1.78. The largest absolute Gasteiger partial charge is 0.417 e. The van der Waals surface area contributed by atoms with Crippen molar-refractivity contribution in [3.05, 3.63) is 29.3 Å². The zero-order valence-electron chi connectivity index (χ0n) is 11.0. The Labute approximate surface area is 114 Å². The highest BCUT2D eigenvalue weighted by molar-refractivity contribution is 5.99. The molecular formula is C13H16F3N3O. The first-order valence-corrected chi connectivity index (χ1v) is 6.26. The monoisotopic (exact) mass is 287 g/mol. The van der Waals surface area contributed by atoms with E-state index in [1.165, 1.54) is 6.07 Å². The van der Waals surface area contributed by atoms with Crippen LogP contribution in [0.15, 0.2) is 23.4 Å². The molecule has 0 atom stereocenters. The minimum atomic E-state index is -4.55. The van der Waals surface area contributed by atoms with Gasteiger partial charge in [-0.2, -0.15) is 13.2 Å². The Hall–Kier alpha value is -1.92. The summed E-state index contributed by atoms with van der Waals surface area (Å²) in [5.41, 5.74) is 4.58. The van der Waals surface area contributed by atoms with Crippen molar-refractivity contribution in [2.75, 3.05) is 11.9 Å². The molecular weight excluding hydrogens is 271 g/mol. The van der Waals surface area contributed by atoms with Gasteiger partial charge < -0.3 is 15.8 Å². The molecule has 1 saturated carbocycles. The first-order valence-electron chi connectivity index (χ1n) is 6.26. The number of benzene rings is 1. The van der Waals surface area contributed by atoms with Crippen molar-refractivity contribution in [1.82, 2.24) is 0 Å². The third-order valence-corrected chi connectivity index (χ3v) is 3.72. The predicted molar refractivity (Wildman–Crippen MR) is 70.0 cm³/mol. The van der Waals surface area contributed by atoms with Crippen molar-refractivity contribution in [3.63, 3.8) is 0 Å². The summed E-state index contributed by atoms with van der Waals surface area (Å²) in [6, 6.07) is 4.13. The standard InChI is InChI=1S/C13H16F3N3O/c1-19(8-3-2-4-8)9-5-6-10(12(17)18-20)11(7-9)13(14,15)16/h5-8,20H,2-4H2,1H3,(H2,17,18). The summed E-state index contributed by atoms with van der Waals surface area (Å²) in [5, 5.41) is 11.2. The lowest BCUT2D eigenvalue weighted by atomic mass is 9.91. The normalized spacial score (nSPS) is 16.9. The summed E-state index contributed by atoms with van der Waals surface area (Å²) < 4.78 is 39.2. The van der Waals surface area contributed by atoms with Gasteiger partial charge in [0.2, 0.25) is 0 Å². The van der Waals surface area contributed by atoms with Crippen LogP contribution in [0.4, 0.5) is 18.9 Å². The van der Waals surface area contributed by atoms with Gasteiger partial charge in [0, 0.05) is 24.3 Å². The highest BCUT2D eigenvalue weighted by Gasteiger charge is 2.35. The minimum absolute atomic E-state index is 0.283. The Bertz CT molecular complexity index is 524. The lowest BCUT2D eigenvalue weighted by molar-refractivity contribution is -0.137. The van der Waals surface area contributed by atoms with E-state index in [4.69, 9.17) is 10.9 Å². The van der Waals surface area contributed by atoms with Crippen molar-refractivity contribution >= 4 is 11.5 Å². The van der Waals surface area contributed by atoms with E-state index in [9.17, 15) is 13.2 Å². The predicted octanol–water partition coefficient (Wildman–Crippen LogP) is 2.79. The fourth-order valence-corrected chi connectivity index (χ4v) is 2.25. The van der Waals surface area contributed by atoms with Crippen molar-refractivity contribution in [1.29, 1.82) is 0 Å². The molecule has 1 aliphatic rings. The fraction of sp³-hybridized carbons (Fsp3) is 0.462. The highest BCUT2D eigenvalue weighted by Crippen LogP contribution is 2.36. The molecule has 1 aliphatic carbocycles. The molecule has 3 N–H and O–H groups in total. The fourth-order valence-electron chi connectivity index (χ4n) is 2.25. The summed E-state index contributed by atoms with van der Waals surface area (Å²) in [5.74, 6) is -0.546. The van der Waals surface area contributed by atoms with E-state index in [1.807, 2.05) is 4.90 Å². The molecule has 0 bridgehead atoms. The molecule has 0 aliphatic heterocycles. The van der Waals surface area contributed by atoms with E-state index in [-0.39, 0.29) is 11.6 Å². The Morgan fingerprint density at radius 2 is 2.05 bits per heavy atom. The smallest absolute Gasteiger partial charge is 0.409 e. The van der Waals surface area contributed by atoms with Crippen molar-refractivity contribution in [3.8, 4) is 0 Å². The van der Waals surface area contributed by atoms with Crippen LogP contribution in [0.5, 0.6) is 0 Å². The van der Waals surface area contributed by atoms with Gasteiger partial charge in [-0.05, 0) is 37.5 Å². The van der Waals surface area contributed by atoms with Crippen LogP contribution in [0.3, 0.4) is 0 Å². The minimum Gasteiger partial charge on any atom is -0.409 e. The Kier molecular flexibility index (Phi) is 3.78. The van der Waals surface area contributed by atoms with Crippen LogP contribution in [-0.4, -0.2) is 24.1 Å². The third-order valence-electron chi connectivity index (χ3n) is 3.72. The molecule has 0 aromatic heterocycles. The average Bonchev–Trinajstić information content (AvgIpc) is 2.34. The van der Waals surface area contributed by atoms with Gasteiger partial charge >= 0.3 is 6.18 Å². The lowest BCUT2D eigenvalue weighted by Crippen LogP contribution is -2.37. The van der Waals surface area contributed by atoms with Crippen LogP contribution in [0.25, 0.3) is 0 Å². The van der Waals surface area contributed by atoms with Crippen molar-refractivity contribution in [2.45, 2.75) is 31.5 Å². The maximum atomic E-state index is 13.1. The number of nitrogens with two attached hydrogens (primary N) is 1. The van der Waals surface area contributed by atoms with E-state index in [2.05, 4.69) is 5.16 Å². The van der Waals surface area contributed by atoms with E-state index in [1.54, 1.807) is 13.1 Å². The molecule has 1 fully saturated rings. The maximum Gasteiger partial charge on any atom is 0.417 e. The summed E-state index contributed by atoms with van der Waals surface area (Å²) in [6.45, 7) is 0. The maximum absolute atomic E-state index is 13.1. The molecule has 1 aromatic carbocycles. The number of oxime groups is 1. The molecule has 2 rings (SSSR count). The second kappa shape index (κ2) is 5.22. The van der Waals surface area contributed by atoms with Crippen LogP contribution < -0.4 is 10.6 Å². The number of rotatable bonds is 3. The Balaban J connectivity index is 2.43. The quantitative estimate of drug-likeness (QED) is 0.389. The number of halogens is 3. The second-order valence-electron chi connectivity index (χ2n) is 4.91. The van der Waals surface area contributed by atoms with Gasteiger partial charge in [-0.25, -0.2) is 0 Å². The van der Waals surface area contributed by atoms with Crippen LogP contribution in [-0.2, 0) is 6.18 Å².